The Morgan fingerprint density at radius 3 is 2.43 bits per heavy atom. The van der Waals surface area contributed by atoms with E-state index in [1.54, 1.807) is 12.1 Å². The Morgan fingerprint density at radius 1 is 1.09 bits per heavy atom. The van der Waals surface area contributed by atoms with Crippen molar-refractivity contribution in [3.05, 3.63) is 62.8 Å². The zero-order valence-electron chi connectivity index (χ0n) is 11.1. The third kappa shape index (κ3) is 2.77. The van der Waals surface area contributed by atoms with Crippen LogP contribution >= 0.6 is 23.2 Å². The summed E-state index contributed by atoms with van der Waals surface area (Å²) >= 11 is 12.0. The van der Waals surface area contributed by atoms with Gasteiger partial charge in [-0.3, -0.25) is 9.36 Å². The quantitative estimate of drug-likeness (QED) is 0.656. The molecule has 3 aromatic rings. The number of pyridine rings is 1. The maximum atomic E-state index is 12.9. The predicted molar refractivity (Wildman–Crippen MR) is 80.2 cm³/mol. The van der Waals surface area contributed by atoms with E-state index in [1.165, 1.54) is 12.1 Å². The smallest absolute Gasteiger partial charge is 0.269 e. The van der Waals surface area contributed by atoms with Gasteiger partial charge in [-0.25, -0.2) is 9.97 Å². The van der Waals surface area contributed by atoms with Gasteiger partial charge >= 0.3 is 6.18 Å². The van der Waals surface area contributed by atoms with Crippen LogP contribution in [0.2, 0.25) is 10.0 Å². The number of benzene rings is 1. The van der Waals surface area contributed by atoms with Crippen LogP contribution in [0.25, 0.3) is 16.7 Å². The molecule has 0 atom stereocenters. The lowest BCUT2D eigenvalue weighted by molar-refractivity contribution is -0.144. The van der Waals surface area contributed by atoms with Crippen molar-refractivity contribution in [1.82, 2.24) is 14.5 Å². The lowest BCUT2D eigenvalue weighted by atomic mass is 10.2. The fraction of sp³-hybridized carbons (Fsp3) is 0.0714. The normalized spacial score (nSPS) is 11.9. The third-order valence-electron chi connectivity index (χ3n) is 3.06. The number of alkyl halides is 3. The van der Waals surface area contributed by atoms with Gasteiger partial charge in [0, 0.05) is 12.3 Å². The largest absolute Gasteiger partial charge is 0.451 e. The Kier molecular flexibility index (Phi) is 3.77. The fourth-order valence-corrected chi connectivity index (χ4v) is 2.52. The minimum Gasteiger partial charge on any atom is -0.269 e. The maximum absolute atomic E-state index is 12.9. The molecule has 0 N–H and O–H groups in total. The van der Waals surface area contributed by atoms with Gasteiger partial charge in [0.25, 0.3) is 5.56 Å². The molecular formula is C14H6Cl2F3N3O. The van der Waals surface area contributed by atoms with Gasteiger partial charge in [0.1, 0.15) is 0 Å². The van der Waals surface area contributed by atoms with Crippen molar-refractivity contribution in [1.29, 1.82) is 0 Å². The minimum atomic E-state index is -4.75. The van der Waals surface area contributed by atoms with Crippen molar-refractivity contribution in [2.45, 2.75) is 6.18 Å². The van der Waals surface area contributed by atoms with Gasteiger partial charge in [0.15, 0.2) is 5.65 Å². The molecule has 9 heteroatoms. The molecule has 0 bridgehead atoms. The zero-order valence-corrected chi connectivity index (χ0v) is 12.6. The van der Waals surface area contributed by atoms with Crippen molar-refractivity contribution in [2.75, 3.05) is 0 Å². The van der Waals surface area contributed by atoms with E-state index in [4.69, 9.17) is 23.2 Å². The molecule has 0 aliphatic rings. The molecular weight excluding hydrogens is 354 g/mol. The highest BCUT2D eigenvalue weighted by molar-refractivity contribution is 6.35. The molecule has 118 valence electrons. The summed E-state index contributed by atoms with van der Waals surface area (Å²) in [6.07, 6.45) is -3.82. The SMILES string of the molecule is O=c1cc(Cl)c2cnc(C(F)(F)F)nc2n1-c1ccccc1Cl. The van der Waals surface area contributed by atoms with E-state index in [2.05, 4.69) is 9.97 Å². The molecule has 0 aliphatic heterocycles. The van der Waals surface area contributed by atoms with E-state index in [9.17, 15) is 18.0 Å². The molecule has 4 nitrogen and oxygen atoms in total. The van der Waals surface area contributed by atoms with Crippen LogP contribution in [0.3, 0.4) is 0 Å². The van der Waals surface area contributed by atoms with Crippen molar-refractivity contribution < 1.29 is 13.2 Å². The van der Waals surface area contributed by atoms with Gasteiger partial charge in [-0.05, 0) is 12.1 Å². The second-order valence-electron chi connectivity index (χ2n) is 4.55. The highest BCUT2D eigenvalue weighted by Crippen LogP contribution is 2.30. The fourth-order valence-electron chi connectivity index (χ4n) is 2.07. The van der Waals surface area contributed by atoms with Crippen LogP contribution in [0.5, 0.6) is 0 Å². The van der Waals surface area contributed by atoms with Gasteiger partial charge in [-0.15, -0.1) is 0 Å². The molecule has 0 saturated carbocycles. The first kappa shape index (κ1) is 15.8. The summed E-state index contributed by atoms with van der Waals surface area (Å²) in [5.41, 5.74) is -0.715. The summed E-state index contributed by atoms with van der Waals surface area (Å²) in [5.74, 6) is -1.37. The second kappa shape index (κ2) is 5.50. The molecule has 1 aromatic carbocycles. The average molecular weight is 360 g/mol. The summed E-state index contributed by atoms with van der Waals surface area (Å²) in [4.78, 5) is 19.0. The van der Waals surface area contributed by atoms with Crippen molar-refractivity contribution in [2.24, 2.45) is 0 Å². The molecule has 23 heavy (non-hydrogen) atoms. The van der Waals surface area contributed by atoms with E-state index >= 15 is 0 Å². The molecule has 0 spiro atoms. The van der Waals surface area contributed by atoms with Gasteiger partial charge in [0.05, 0.1) is 21.1 Å². The molecule has 0 radical (unpaired) electrons. The van der Waals surface area contributed by atoms with Crippen LogP contribution in [-0.2, 0) is 6.18 Å². The van der Waals surface area contributed by atoms with Gasteiger partial charge in [-0.1, -0.05) is 35.3 Å². The van der Waals surface area contributed by atoms with Crippen LogP contribution in [0.1, 0.15) is 5.82 Å². The molecule has 2 heterocycles. The van der Waals surface area contributed by atoms with Crippen LogP contribution in [0, 0.1) is 0 Å². The Labute approximate surface area is 137 Å². The number of halogens is 5. The Bertz CT molecular complexity index is 970. The van der Waals surface area contributed by atoms with E-state index in [-0.39, 0.29) is 26.8 Å². The molecule has 0 unspecified atom stereocenters. The summed E-state index contributed by atoms with van der Waals surface area (Å²) in [6.45, 7) is 0. The average Bonchev–Trinajstić information content (AvgIpc) is 2.47. The summed E-state index contributed by atoms with van der Waals surface area (Å²) in [5, 5.41) is 0.256. The third-order valence-corrected chi connectivity index (χ3v) is 3.69. The first-order valence-electron chi connectivity index (χ1n) is 6.19. The molecule has 0 amide bonds. The summed E-state index contributed by atoms with van der Waals surface area (Å²) in [6, 6.07) is 7.30. The van der Waals surface area contributed by atoms with Crippen LogP contribution in [0.4, 0.5) is 13.2 Å². The zero-order chi connectivity index (χ0) is 16.8. The van der Waals surface area contributed by atoms with E-state index in [0.717, 1.165) is 16.8 Å². The molecule has 2 aromatic heterocycles. The second-order valence-corrected chi connectivity index (χ2v) is 5.36. The topological polar surface area (TPSA) is 47.8 Å². The first-order valence-corrected chi connectivity index (χ1v) is 6.95. The highest BCUT2D eigenvalue weighted by Gasteiger charge is 2.35. The number of fused-ring (bicyclic) bond motifs is 1. The monoisotopic (exact) mass is 359 g/mol. The van der Waals surface area contributed by atoms with Crippen molar-refractivity contribution in [3.63, 3.8) is 0 Å². The van der Waals surface area contributed by atoms with Crippen LogP contribution in [-0.4, -0.2) is 14.5 Å². The van der Waals surface area contributed by atoms with E-state index < -0.39 is 17.6 Å². The maximum Gasteiger partial charge on any atom is 0.451 e. The Balaban J connectivity index is 2.46. The first-order chi connectivity index (χ1) is 10.8. The highest BCUT2D eigenvalue weighted by atomic mass is 35.5. The number of nitrogens with zero attached hydrogens (tertiary/aromatic N) is 3. The summed E-state index contributed by atoms with van der Waals surface area (Å²) in [7, 11) is 0. The molecule has 0 fully saturated rings. The standard InChI is InChI=1S/C14H6Cl2F3N3O/c15-8-3-1-2-4-10(8)22-11(23)5-9(16)7-6-20-13(14(17,18)19)21-12(7)22/h1-6H. The van der Waals surface area contributed by atoms with Crippen molar-refractivity contribution in [3.8, 4) is 5.69 Å². The van der Waals surface area contributed by atoms with E-state index in [0.29, 0.717) is 0 Å². The minimum absolute atomic E-state index is 0.0398. The van der Waals surface area contributed by atoms with Crippen molar-refractivity contribution >= 4 is 34.2 Å². The molecule has 0 saturated heterocycles. The number of hydrogen-bond acceptors (Lipinski definition) is 3. The molecule has 0 aliphatic carbocycles. The Morgan fingerprint density at radius 2 is 1.78 bits per heavy atom. The van der Waals surface area contributed by atoms with Gasteiger partial charge in [-0.2, -0.15) is 13.2 Å². The van der Waals surface area contributed by atoms with Gasteiger partial charge < -0.3 is 0 Å². The number of hydrogen-bond donors (Lipinski definition) is 0. The van der Waals surface area contributed by atoms with E-state index in [1.807, 2.05) is 0 Å². The van der Waals surface area contributed by atoms with Gasteiger partial charge in [0.2, 0.25) is 5.82 Å². The number of para-hydroxylation sites is 1. The predicted octanol–water partition coefficient (Wildman–Crippen LogP) is 4.11. The number of aromatic nitrogens is 3. The number of rotatable bonds is 1. The summed E-state index contributed by atoms with van der Waals surface area (Å²) < 4.78 is 39.5. The van der Waals surface area contributed by atoms with Crippen LogP contribution < -0.4 is 5.56 Å². The Hall–Kier alpha value is -2.12. The van der Waals surface area contributed by atoms with Crippen LogP contribution in [0.15, 0.2) is 41.3 Å². The molecule has 3 rings (SSSR count). The lowest BCUT2D eigenvalue weighted by Crippen LogP contribution is -2.21. The lowest BCUT2D eigenvalue weighted by Gasteiger charge is -2.13.